The van der Waals surface area contributed by atoms with Crippen molar-refractivity contribution in [1.82, 2.24) is 0 Å². The predicted molar refractivity (Wildman–Crippen MR) is 235 cm³/mol. The molecule has 2 atom stereocenters. The van der Waals surface area contributed by atoms with Crippen LogP contribution in [0.1, 0.15) is 168 Å². The van der Waals surface area contributed by atoms with E-state index in [4.69, 9.17) is 14.2 Å². The number of hydrogen-bond donors (Lipinski definition) is 0. The van der Waals surface area contributed by atoms with Crippen molar-refractivity contribution in [2.24, 2.45) is 0 Å². The Balaban J connectivity index is 4.41. The molecule has 0 saturated carbocycles. The van der Waals surface area contributed by atoms with Gasteiger partial charge in [-0.1, -0.05) is 151 Å². The second kappa shape index (κ2) is 39.6. The Bertz CT molecular complexity index is 1160. The number of carbonyl (C=O) groups is 3. The van der Waals surface area contributed by atoms with Crippen molar-refractivity contribution in [3.63, 3.8) is 0 Å². The number of aliphatic carboxylic acids is 1. The van der Waals surface area contributed by atoms with E-state index in [2.05, 4.69) is 80.7 Å². The molecule has 0 heterocycles. The number of carboxylic acids is 1. The lowest BCUT2D eigenvalue weighted by molar-refractivity contribution is -0.889. The summed E-state index contributed by atoms with van der Waals surface area (Å²) in [6.45, 7) is 4.45. The fraction of sp³-hybridized carbons (Fsp3) is 0.694. The predicted octanol–water partition coefficient (Wildman–Crippen LogP) is 11.0. The molecule has 0 radical (unpaired) electrons. The van der Waals surface area contributed by atoms with Crippen molar-refractivity contribution >= 4 is 17.9 Å². The highest BCUT2D eigenvalue weighted by Gasteiger charge is 2.25. The highest BCUT2D eigenvalue weighted by Crippen LogP contribution is 2.13. The van der Waals surface area contributed by atoms with E-state index >= 15 is 0 Å². The molecular weight excluding hydrogens is 715 g/mol. The Labute approximate surface area is 349 Å². The van der Waals surface area contributed by atoms with Gasteiger partial charge >= 0.3 is 11.9 Å². The minimum absolute atomic E-state index is 0.0157. The first-order chi connectivity index (χ1) is 27.6. The van der Waals surface area contributed by atoms with E-state index in [0.717, 1.165) is 70.6 Å². The number of likely N-dealkylation sites (N-methyl/N-ethyl adjacent to an activating group) is 1. The molecule has 0 aliphatic heterocycles. The fourth-order valence-corrected chi connectivity index (χ4v) is 6.11. The van der Waals surface area contributed by atoms with Crippen molar-refractivity contribution in [3.8, 4) is 0 Å². The normalized spacial score (nSPS) is 13.6. The van der Waals surface area contributed by atoms with Gasteiger partial charge in [0.15, 0.2) is 6.10 Å². The molecule has 0 saturated heterocycles. The van der Waals surface area contributed by atoms with Crippen LogP contribution in [0.25, 0.3) is 0 Å². The Hall–Kier alpha value is -3.23. The summed E-state index contributed by atoms with van der Waals surface area (Å²) in [6.07, 6.45) is 49.4. The average Bonchev–Trinajstić information content (AvgIpc) is 3.17. The zero-order valence-electron chi connectivity index (χ0n) is 37.0. The summed E-state index contributed by atoms with van der Waals surface area (Å²) in [5, 5.41) is 11.6. The number of carboxylic acid groups (broad SMARTS) is 1. The van der Waals surface area contributed by atoms with Crippen molar-refractivity contribution in [1.29, 1.82) is 0 Å². The maximum atomic E-state index is 12.7. The highest BCUT2D eigenvalue weighted by molar-refractivity contribution is 5.70. The summed E-state index contributed by atoms with van der Waals surface area (Å²) in [7, 11) is 5.38. The molecule has 326 valence electrons. The van der Waals surface area contributed by atoms with Crippen molar-refractivity contribution in [2.45, 2.75) is 180 Å². The Kier molecular flexibility index (Phi) is 37.3. The van der Waals surface area contributed by atoms with Gasteiger partial charge in [0, 0.05) is 19.3 Å². The van der Waals surface area contributed by atoms with Gasteiger partial charge < -0.3 is 28.6 Å². The van der Waals surface area contributed by atoms with E-state index in [9.17, 15) is 19.5 Å². The number of esters is 2. The molecule has 0 spiro atoms. The minimum atomic E-state index is -1.14. The molecule has 0 bridgehead atoms. The number of ether oxygens (including phenoxy) is 3. The van der Waals surface area contributed by atoms with Gasteiger partial charge in [-0.05, 0) is 70.6 Å². The Morgan fingerprint density at radius 2 is 1.02 bits per heavy atom. The summed E-state index contributed by atoms with van der Waals surface area (Å²) >= 11 is 0. The number of rotatable bonds is 39. The summed E-state index contributed by atoms with van der Waals surface area (Å²) in [5.74, 6) is -1.84. The van der Waals surface area contributed by atoms with Crippen LogP contribution in [0.5, 0.6) is 0 Å². The average molecular weight is 798 g/mol. The molecule has 0 N–H and O–H groups in total. The van der Waals surface area contributed by atoms with E-state index in [1.54, 1.807) is 21.1 Å². The van der Waals surface area contributed by atoms with E-state index < -0.39 is 18.1 Å². The Morgan fingerprint density at radius 3 is 1.53 bits per heavy atom. The maximum Gasteiger partial charge on any atom is 0.306 e. The lowest BCUT2D eigenvalue weighted by atomic mass is 10.1. The third-order valence-electron chi connectivity index (χ3n) is 9.59. The van der Waals surface area contributed by atoms with Gasteiger partial charge in [-0.3, -0.25) is 9.59 Å². The van der Waals surface area contributed by atoms with Gasteiger partial charge in [0.25, 0.3) is 0 Å². The first-order valence-corrected chi connectivity index (χ1v) is 22.5. The molecule has 0 aliphatic rings. The summed E-state index contributed by atoms with van der Waals surface area (Å²) in [4.78, 5) is 36.8. The molecule has 0 aromatic heterocycles. The smallest absolute Gasteiger partial charge is 0.306 e. The molecule has 57 heavy (non-hydrogen) atoms. The van der Waals surface area contributed by atoms with E-state index in [1.807, 2.05) is 6.08 Å². The summed E-state index contributed by atoms with van der Waals surface area (Å²) in [5.41, 5.74) is 0. The van der Waals surface area contributed by atoms with Crippen LogP contribution >= 0.6 is 0 Å². The minimum Gasteiger partial charge on any atom is -0.544 e. The summed E-state index contributed by atoms with van der Waals surface area (Å²) < 4.78 is 17.1. The quantitative estimate of drug-likeness (QED) is 0.0264. The number of carbonyl (C=O) groups excluding carboxylic acids is 3. The van der Waals surface area contributed by atoms with Crippen LogP contribution < -0.4 is 5.11 Å². The maximum absolute atomic E-state index is 12.7. The van der Waals surface area contributed by atoms with Gasteiger partial charge in [-0.2, -0.15) is 0 Å². The van der Waals surface area contributed by atoms with Crippen LogP contribution in [-0.2, 0) is 28.6 Å². The second-order valence-electron chi connectivity index (χ2n) is 15.9. The molecule has 0 aromatic rings. The number of nitrogens with zero attached hydrogens (tertiary/aromatic N) is 1. The van der Waals surface area contributed by atoms with E-state index in [-0.39, 0.29) is 49.1 Å². The molecule has 2 unspecified atom stereocenters. The molecule has 8 nitrogen and oxygen atoms in total. The van der Waals surface area contributed by atoms with Crippen LogP contribution in [0, 0.1) is 0 Å². The second-order valence-corrected chi connectivity index (χ2v) is 15.9. The number of hydrogen-bond acceptors (Lipinski definition) is 7. The summed E-state index contributed by atoms with van der Waals surface area (Å²) in [6, 6.07) is -0.738. The van der Waals surface area contributed by atoms with Crippen molar-refractivity contribution < 1.29 is 38.2 Å². The first kappa shape index (κ1) is 53.8. The van der Waals surface area contributed by atoms with E-state index in [1.165, 1.54) is 57.8 Å². The number of unbranched alkanes of at least 4 members (excludes halogenated alkanes) is 13. The largest absolute Gasteiger partial charge is 0.544 e. The monoisotopic (exact) mass is 798 g/mol. The number of allylic oxidation sites excluding steroid dienone is 12. The number of quaternary nitrogens is 1. The zero-order chi connectivity index (χ0) is 42.1. The third kappa shape index (κ3) is 38.1. The van der Waals surface area contributed by atoms with E-state index in [0.29, 0.717) is 12.8 Å². The van der Waals surface area contributed by atoms with Crippen LogP contribution in [0.15, 0.2) is 72.9 Å². The van der Waals surface area contributed by atoms with Crippen LogP contribution in [0.4, 0.5) is 0 Å². The van der Waals surface area contributed by atoms with Gasteiger partial charge in [0.05, 0.1) is 40.3 Å². The standard InChI is InChI=1S/C49H83NO7/c1-6-8-10-12-14-16-18-20-21-22-23-24-25-26-28-30-32-34-36-38-40-48(52)57-45(43-55-42-41-46(49(53)54)50(3,4)5)44-56-47(51)39-37-35-33-31-29-27-19-17-15-13-11-9-7-2/h8,10,14,16,20-21,23-24,27,29,33,35,45-46H,6-7,9,11-13,15,17-19,22,25-26,28,30-32,34,36-44H2,1-5H3/b10-8+,16-14+,21-20+,24-23+,29-27+,35-33+. The lowest BCUT2D eigenvalue weighted by Gasteiger charge is -2.34. The topological polar surface area (TPSA) is 102 Å². The molecular formula is C49H83NO7. The SMILES string of the molecule is CC/C=C/C/C=C/C/C=C/C/C=C/CCCCCCCCCC(=O)OC(COCCC(C(=O)[O-])[N+](C)(C)C)COC(=O)CC/C=C/C/C=C/CCCCCCCC. The van der Waals surface area contributed by atoms with Crippen molar-refractivity contribution in [3.05, 3.63) is 72.9 Å². The molecule has 0 aliphatic carbocycles. The van der Waals surface area contributed by atoms with Crippen LogP contribution in [-0.4, -0.2) is 75.5 Å². The van der Waals surface area contributed by atoms with Crippen LogP contribution in [0.2, 0.25) is 0 Å². The molecule has 0 amide bonds. The van der Waals surface area contributed by atoms with Gasteiger partial charge in [0.2, 0.25) is 0 Å². The third-order valence-corrected chi connectivity index (χ3v) is 9.59. The fourth-order valence-electron chi connectivity index (χ4n) is 6.11. The van der Waals surface area contributed by atoms with Crippen molar-refractivity contribution in [2.75, 3.05) is 41.0 Å². The molecule has 8 heteroatoms. The lowest BCUT2D eigenvalue weighted by Crippen LogP contribution is -2.55. The van der Waals surface area contributed by atoms with Gasteiger partial charge in [0.1, 0.15) is 12.6 Å². The molecule has 0 aromatic carbocycles. The zero-order valence-corrected chi connectivity index (χ0v) is 37.0. The first-order valence-electron chi connectivity index (χ1n) is 22.5. The Morgan fingerprint density at radius 1 is 0.544 bits per heavy atom. The van der Waals surface area contributed by atoms with Gasteiger partial charge in [-0.15, -0.1) is 0 Å². The van der Waals surface area contributed by atoms with Crippen LogP contribution in [0.3, 0.4) is 0 Å². The molecule has 0 rings (SSSR count). The molecule has 0 fully saturated rings. The van der Waals surface area contributed by atoms with Gasteiger partial charge in [-0.25, -0.2) is 0 Å². The highest BCUT2D eigenvalue weighted by atomic mass is 16.6.